The SMILES string of the molecule is CSCC[C@H](N)C(=O)NCC(C)Sc1ccc(Br)cc1.Cl. The molecule has 0 radical (unpaired) electrons. The number of nitrogens with one attached hydrogen (secondary N) is 1. The number of carbonyl (C=O) groups excluding carboxylic acids is 1. The van der Waals surface area contributed by atoms with Gasteiger partial charge in [-0.3, -0.25) is 4.79 Å². The highest BCUT2D eigenvalue weighted by atomic mass is 79.9. The molecule has 0 fully saturated rings. The zero-order valence-corrected chi connectivity index (χ0v) is 16.2. The molecule has 3 N–H and O–H groups in total. The Kier molecular flexibility index (Phi) is 11.7. The van der Waals surface area contributed by atoms with Gasteiger partial charge in [0.05, 0.1) is 6.04 Å². The number of amides is 1. The van der Waals surface area contributed by atoms with Gasteiger partial charge < -0.3 is 11.1 Å². The molecule has 1 aromatic carbocycles. The van der Waals surface area contributed by atoms with Crippen LogP contribution in [0.25, 0.3) is 0 Å². The second kappa shape index (κ2) is 11.7. The molecule has 0 heterocycles. The van der Waals surface area contributed by atoms with Crippen LogP contribution in [0.3, 0.4) is 0 Å². The molecule has 0 aromatic heterocycles. The zero-order chi connectivity index (χ0) is 15.0. The van der Waals surface area contributed by atoms with E-state index in [0.29, 0.717) is 11.8 Å². The molecule has 3 nitrogen and oxygen atoms in total. The molecule has 0 aliphatic carbocycles. The summed E-state index contributed by atoms with van der Waals surface area (Å²) in [6.07, 6.45) is 2.74. The Morgan fingerprint density at radius 3 is 2.57 bits per heavy atom. The summed E-state index contributed by atoms with van der Waals surface area (Å²) < 4.78 is 1.07. The van der Waals surface area contributed by atoms with E-state index in [-0.39, 0.29) is 18.3 Å². The van der Waals surface area contributed by atoms with Crippen molar-refractivity contribution in [2.24, 2.45) is 5.73 Å². The van der Waals surface area contributed by atoms with E-state index in [1.807, 2.05) is 18.4 Å². The van der Waals surface area contributed by atoms with Gasteiger partial charge >= 0.3 is 0 Å². The van der Waals surface area contributed by atoms with Crippen molar-refractivity contribution in [2.75, 3.05) is 18.6 Å². The first-order valence-corrected chi connectivity index (χ1v) is 9.54. The first-order valence-electron chi connectivity index (χ1n) is 6.47. The number of nitrogens with two attached hydrogens (primary N) is 1. The van der Waals surface area contributed by atoms with Crippen molar-refractivity contribution >= 4 is 57.8 Å². The van der Waals surface area contributed by atoms with Gasteiger partial charge in [-0.2, -0.15) is 11.8 Å². The molecule has 0 aliphatic heterocycles. The van der Waals surface area contributed by atoms with Crippen molar-refractivity contribution in [3.8, 4) is 0 Å². The fraction of sp³-hybridized carbons (Fsp3) is 0.500. The third kappa shape index (κ3) is 8.98. The minimum Gasteiger partial charge on any atom is -0.354 e. The van der Waals surface area contributed by atoms with Crippen LogP contribution in [0.4, 0.5) is 0 Å². The molecule has 0 spiro atoms. The van der Waals surface area contributed by atoms with Crippen LogP contribution >= 0.6 is 51.9 Å². The lowest BCUT2D eigenvalue weighted by Gasteiger charge is -2.15. The lowest BCUT2D eigenvalue weighted by Crippen LogP contribution is -2.42. The number of hydrogen-bond donors (Lipinski definition) is 2. The Morgan fingerprint density at radius 2 is 2.00 bits per heavy atom. The summed E-state index contributed by atoms with van der Waals surface area (Å²) in [5.41, 5.74) is 5.82. The summed E-state index contributed by atoms with van der Waals surface area (Å²) in [4.78, 5) is 13.0. The van der Waals surface area contributed by atoms with Gasteiger partial charge in [-0.1, -0.05) is 22.9 Å². The van der Waals surface area contributed by atoms with Gasteiger partial charge in [-0.05, 0) is 42.7 Å². The summed E-state index contributed by atoms with van der Waals surface area (Å²) >= 11 is 6.87. The summed E-state index contributed by atoms with van der Waals surface area (Å²) in [5.74, 6) is 0.861. The average molecular weight is 414 g/mol. The molecule has 0 bridgehead atoms. The predicted molar refractivity (Wildman–Crippen MR) is 101 cm³/mol. The maximum absolute atomic E-state index is 11.8. The minimum atomic E-state index is -0.396. The van der Waals surface area contributed by atoms with Crippen LogP contribution in [-0.2, 0) is 4.79 Å². The second-order valence-electron chi connectivity index (χ2n) is 4.52. The Hall–Kier alpha value is 0.120. The molecular formula is C14H22BrClN2OS2. The maximum Gasteiger partial charge on any atom is 0.236 e. The quantitative estimate of drug-likeness (QED) is 0.640. The van der Waals surface area contributed by atoms with E-state index in [1.165, 1.54) is 4.90 Å². The fourth-order valence-electron chi connectivity index (χ4n) is 1.54. The summed E-state index contributed by atoms with van der Waals surface area (Å²) in [6.45, 7) is 2.73. The van der Waals surface area contributed by atoms with Gasteiger partial charge in [0.2, 0.25) is 5.91 Å². The van der Waals surface area contributed by atoms with Crippen LogP contribution in [0.2, 0.25) is 0 Å². The van der Waals surface area contributed by atoms with Gasteiger partial charge in [-0.15, -0.1) is 24.2 Å². The van der Waals surface area contributed by atoms with E-state index in [2.05, 4.69) is 40.3 Å². The van der Waals surface area contributed by atoms with Gasteiger partial charge in [0.15, 0.2) is 0 Å². The van der Waals surface area contributed by atoms with Crippen LogP contribution in [0.1, 0.15) is 13.3 Å². The minimum absolute atomic E-state index is 0. The van der Waals surface area contributed by atoms with Crippen molar-refractivity contribution < 1.29 is 4.79 Å². The van der Waals surface area contributed by atoms with E-state index in [1.54, 1.807) is 23.5 Å². The van der Waals surface area contributed by atoms with E-state index >= 15 is 0 Å². The van der Waals surface area contributed by atoms with Crippen LogP contribution < -0.4 is 11.1 Å². The molecule has 1 unspecified atom stereocenters. The molecule has 2 atom stereocenters. The molecule has 0 aliphatic rings. The molecule has 0 saturated heterocycles. The maximum atomic E-state index is 11.8. The van der Waals surface area contributed by atoms with E-state index < -0.39 is 6.04 Å². The topological polar surface area (TPSA) is 55.1 Å². The molecule has 1 rings (SSSR count). The van der Waals surface area contributed by atoms with Crippen LogP contribution in [0.15, 0.2) is 33.6 Å². The molecule has 1 aromatic rings. The monoisotopic (exact) mass is 412 g/mol. The largest absolute Gasteiger partial charge is 0.354 e. The van der Waals surface area contributed by atoms with Crippen LogP contribution in [0, 0.1) is 0 Å². The first kappa shape index (κ1) is 21.1. The van der Waals surface area contributed by atoms with Gasteiger partial charge in [0, 0.05) is 21.2 Å². The highest BCUT2D eigenvalue weighted by molar-refractivity contribution is 9.10. The molecule has 21 heavy (non-hydrogen) atoms. The first-order chi connectivity index (χ1) is 9.52. The molecule has 1 amide bonds. The summed E-state index contributed by atoms with van der Waals surface area (Å²) in [5, 5.41) is 3.23. The lowest BCUT2D eigenvalue weighted by molar-refractivity contribution is -0.122. The van der Waals surface area contributed by atoms with Gasteiger partial charge in [-0.25, -0.2) is 0 Å². The number of halogens is 2. The number of thioether (sulfide) groups is 2. The van der Waals surface area contributed by atoms with Crippen molar-refractivity contribution in [3.05, 3.63) is 28.7 Å². The standard InChI is InChI=1S/C14H21BrN2OS2.ClH/c1-10(20-12-5-3-11(15)4-6-12)9-17-14(18)13(16)7-8-19-2;/h3-6,10,13H,7-9,16H2,1-2H3,(H,17,18);1H/t10?,13-;/m0./s1. The van der Waals surface area contributed by atoms with E-state index in [4.69, 9.17) is 5.73 Å². The second-order valence-corrected chi connectivity index (χ2v) is 7.93. The third-order valence-electron chi connectivity index (χ3n) is 2.68. The Morgan fingerprint density at radius 1 is 1.38 bits per heavy atom. The number of benzene rings is 1. The molecular weight excluding hydrogens is 392 g/mol. The highest BCUT2D eigenvalue weighted by Gasteiger charge is 2.13. The van der Waals surface area contributed by atoms with Crippen LogP contribution in [0.5, 0.6) is 0 Å². The Bertz CT molecular complexity index is 420. The Balaban J connectivity index is 0.00000400. The van der Waals surface area contributed by atoms with Crippen molar-refractivity contribution in [3.63, 3.8) is 0 Å². The molecule has 7 heteroatoms. The summed E-state index contributed by atoms with van der Waals surface area (Å²) in [7, 11) is 0. The molecule has 120 valence electrons. The van der Waals surface area contributed by atoms with Crippen molar-refractivity contribution in [2.45, 2.75) is 29.5 Å². The average Bonchev–Trinajstić information content (AvgIpc) is 2.44. The zero-order valence-electron chi connectivity index (χ0n) is 12.2. The van der Waals surface area contributed by atoms with Crippen LogP contribution in [-0.4, -0.2) is 35.8 Å². The van der Waals surface area contributed by atoms with Crippen molar-refractivity contribution in [1.82, 2.24) is 5.32 Å². The lowest BCUT2D eigenvalue weighted by atomic mass is 10.2. The normalized spacial score (nSPS) is 13.1. The summed E-state index contributed by atoms with van der Waals surface area (Å²) in [6, 6.07) is 7.78. The van der Waals surface area contributed by atoms with E-state index in [9.17, 15) is 4.79 Å². The third-order valence-corrected chi connectivity index (χ3v) is 4.97. The predicted octanol–water partition coefficient (Wildman–Crippen LogP) is 3.55. The van der Waals surface area contributed by atoms with Gasteiger partial charge in [0.25, 0.3) is 0 Å². The van der Waals surface area contributed by atoms with E-state index in [0.717, 1.165) is 16.6 Å². The fourth-order valence-corrected chi connectivity index (χ4v) is 3.22. The molecule has 0 saturated carbocycles. The van der Waals surface area contributed by atoms with Gasteiger partial charge in [0.1, 0.15) is 0 Å². The van der Waals surface area contributed by atoms with Crippen molar-refractivity contribution in [1.29, 1.82) is 0 Å². The number of carbonyl (C=O) groups is 1. The number of hydrogen-bond acceptors (Lipinski definition) is 4. The number of rotatable bonds is 8. The Labute approximate surface area is 150 Å². The highest BCUT2D eigenvalue weighted by Crippen LogP contribution is 2.24. The smallest absolute Gasteiger partial charge is 0.236 e.